The summed E-state index contributed by atoms with van der Waals surface area (Å²) in [6, 6.07) is 4.07. The average molecular weight is 829 g/mol. The van der Waals surface area contributed by atoms with E-state index in [1.54, 1.807) is 36.6 Å². The lowest BCUT2D eigenvalue weighted by Gasteiger charge is -2.39. The molecule has 0 radical (unpaired) electrons. The van der Waals surface area contributed by atoms with E-state index in [1.165, 1.54) is 11.8 Å². The van der Waals surface area contributed by atoms with Crippen molar-refractivity contribution in [3.8, 4) is 5.75 Å². The van der Waals surface area contributed by atoms with Crippen molar-refractivity contribution in [3.63, 3.8) is 0 Å². The fourth-order valence-corrected chi connectivity index (χ4v) is 7.93. The highest BCUT2D eigenvalue weighted by Crippen LogP contribution is 2.32. The Morgan fingerprint density at radius 2 is 1.72 bits per heavy atom. The third-order valence-electron chi connectivity index (χ3n) is 10.8. The molecule has 1 unspecified atom stereocenters. The van der Waals surface area contributed by atoms with Crippen LogP contribution in [-0.2, 0) is 39.9 Å². The van der Waals surface area contributed by atoms with Crippen molar-refractivity contribution in [2.75, 3.05) is 20.3 Å². The zero-order chi connectivity index (χ0) is 43.1. The van der Waals surface area contributed by atoms with Crippen LogP contribution < -0.4 is 16.4 Å². The van der Waals surface area contributed by atoms with Gasteiger partial charge in [-0.2, -0.15) is 0 Å². The van der Waals surface area contributed by atoms with Crippen LogP contribution in [-0.4, -0.2) is 99.9 Å². The number of amides is 4. The van der Waals surface area contributed by atoms with Gasteiger partial charge in [-0.3, -0.25) is 33.7 Å². The van der Waals surface area contributed by atoms with Gasteiger partial charge >= 0.3 is 11.9 Å². The first kappa shape index (κ1) is 47.8. The number of rotatable bonds is 22. The van der Waals surface area contributed by atoms with Crippen molar-refractivity contribution in [1.29, 1.82) is 0 Å². The number of primary amides is 1. The van der Waals surface area contributed by atoms with Crippen LogP contribution in [0, 0.1) is 17.8 Å². The number of carbonyl (C=O) groups excluding carboxylic acids is 6. The molecular formula is C42H64N6O9S. The lowest BCUT2D eigenvalue weighted by molar-refractivity contribution is -0.160. The molecule has 0 aliphatic carbocycles. The van der Waals surface area contributed by atoms with Crippen LogP contribution in [0.2, 0.25) is 0 Å². The van der Waals surface area contributed by atoms with Gasteiger partial charge < -0.3 is 35.8 Å². The van der Waals surface area contributed by atoms with Crippen molar-refractivity contribution >= 4 is 46.9 Å². The summed E-state index contributed by atoms with van der Waals surface area (Å²) in [4.78, 5) is 87.4. The summed E-state index contributed by atoms with van der Waals surface area (Å²) in [7, 11) is 1.90. The van der Waals surface area contributed by atoms with Gasteiger partial charge in [0.1, 0.15) is 22.5 Å². The fourth-order valence-electron chi connectivity index (χ4n) is 7.09. The third-order valence-corrected chi connectivity index (χ3v) is 11.7. The van der Waals surface area contributed by atoms with E-state index in [-0.39, 0.29) is 61.2 Å². The predicted molar refractivity (Wildman–Crippen MR) is 220 cm³/mol. The molecule has 2 aromatic rings. The number of hydrogen-bond acceptors (Lipinski definition) is 12. The van der Waals surface area contributed by atoms with E-state index >= 15 is 0 Å². The number of thiazole rings is 1. The number of phenolic OH excluding ortho intramolecular Hbond substituents is 1. The smallest absolute Gasteiger partial charge is 0.307 e. The van der Waals surface area contributed by atoms with Gasteiger partial charge in [0.15, 0.2) is 12.8 Å². The minimum absolute atomic E-state index is 0.0506. The summed E-state index contributed by atoms with van der Waals surface area (Å²) < 4.78 is 11.5. The second-order valence-corrected chi connectivity index (χ2v) is 16.8. The van der Waals surface area contributed by atoms with E-state index in [0.29, 0.717) is 30.7 Å². The molecule has 1 aromatic heterocycles. The molecule has 1 saturated heterocycles. The normalized spacial score (nSPS) is 17.6. The first-order valence-corrected chi connectivity index (χ1v) is 21.3. The summed E-state index contributed by atoms with van der Waals surface area (Å²) in [6.45, 7) is 12.8. The maximum atomic E-state index is 14.8. The summed E-state index contributed by atoms with van der Waals surface area (Å²) in [5, 5.41) is 17.6. The number of nitrogens with one attached hydrogen (secondary N) is 2. The van der Waals surface area contributed by atoms with E-state index in [0.717, 1.165) is 36.3 Å². The van der Waals surface area contributed by atoms with Crippen LogP contribution >= 0.6 is 11.3 Å². The fraction of sp³-hybridized carbons (Fsp3) is 0.643. The van der Waals surface area contributed by atoms with Gasteiger partial charge in [-0.25, -0.2) is 4.98 Å². The van der Waals surface area contributed by atoms with Crippen LogP contribution in [0.4, 0.5) is 0 Å². The Hall–Kier alpha value is -4.57. The second-order valence-electron chi connectivity index (χ2n) is 15.9. The minimum atomic E-state index is -0.992. The van der Waals surface area contributed by atoms with Gasteiger partial charge in [-0.05, 0) is 75.2 Å². The zero-order valence-electron chi connectivity index (χ0n) is 35.3. The first-order chi connectivity index (χ1) is 27.4. The second kappa shape index (κ2) is 23.1. The largest absolute Gasteiger partial charge is 0.508 e. The Kier molecular flexibility index (Phi) is 19.1. The standard InChI is InChI=1S/C42H64N6O9S/c1-9-13-36(51)56-24-48(42(55)37(26(5)10-2)46-40(54)33-14-11-12-19-47(33)8)34(25(3)4)22-35(57-28(7)49)41-45-32(23-58-41)39(53)44-30(20-27(6)38(43)52)21-29-15-17-31(50)18-16-29/h15-18,23,25-27,30,33-35,37,50H,9-14,19-22,24H2,1-8H3,(H2,43,52)(H,44,53)(H,46,54)/t26?,27-,30+,33+,34+,35-,37-/m0/s1. The van der Waals surface area contributed by atoms with Crippen molar-refractivity contribution in [3.05, 3.63) is 45.9 Å². The number of carbonyl (C=O) groups is 6. The minimum Gasteiger partial charge on any atom is -0.508 e. The number of aromatic nitrogens is 1. The third kappa shape index (κ3) is 14.4. The molecule has 5 N–H and O–H groups in total. The van der Waals surface area contributed by atoms with Crippen molar-refractivity contribution in [2.45, 2.75) is 137 Å². The Balaban J connectivity index is 1.95. The summed E-state index contributed by atoms with van der Waals surface area (Å²) in [5.74, 6) is -3.70. The van der Waals surface area contributed by atoms with Gasteiger partial charge in [0.05, 0.1) is 6.04 Å². The van der Waals surface area contributed by atoms with Gasteiger partial charge in [0.25, 0.3) is 5.91 Å². The predicted octanol–water partition coefficient (Wildman–Crippen LogP) is 4.86. The number of likely N-dealkylation sites (tertiary alicyclic amines) is 1. The molecule has 1 aliphatic heterocycles. The molecule has 3 rings (SSSR count). The Labute approximate surface area is 346 Å². The number of esters is 2. The molecule has 16 heteroatoms. The summed E-state index contributed by atoms with van der Waals surface area (Å²) in [5.41, 5.74) is 6.44. The molecule has 2 heterocycles. The van der Waals surface area contributed by atoms with E-state index in [4.69, 9.17) is 15.2 Å². The quantitative estimate of drug-likeness (QED) is 0.0930. The molecule has 7 atom stereocenters. The lowest BCUT2D eigenvalue weighted by Crippen LogP contribution is -2.59. The molecule has 1 aliphatic rings. The van der Waals surface area contributed by atoms with Crippen molar-refractivity contribution < 1.29 is 43.3 Å². The molecule has 0 spiro atoms. The Morgan fingerprint density at radius 1 is 1.03 bits per heavy atom. The molecule has 0 bridgehead atoms. The monoisotopic (exact) mass is 828 g/mol. The number of likely N-dealkylation sites (N-methyl/N-ethyl adjacent to an activating group) is 1. The number of phenols is 1. The molecule has 0 saturated carbocycles. The maximum Gasteiger partial charge on any atom is 0.307 e. The van der Waals surface area contributed by atoms with Crippen molar-refractivity contribution in [2.24, 2.45) is 23.5 Å². The number of piperidine rings is 1. The van der Waals surface area contributed by atoms with Gasteiger partial charge in [-0.1, -0.05) is 66.5 Å². The Bertz CT molecular complexity index is 1680. The van der Waals surface area contributed by atoms with Crippen LogP contribution in [0.3, 0.4) is 0 Å². The van der Waals surface area contributed by atoms with E-state index in [9.17, 15) is 33.9 Å². The van der Waals surface area contributed by atoms with Crippen LogP contribution in [0.15, 0.2) is 29.6 Å². The average Bonchev–Trinajstić information content (AvgIpc) is 3.67. The maximum absolute atomic E-state index is 14.8. The van der Waals surface area contributed by atoms with E-state index < -0.39 is 59.8 Å². The SMILES string of the molecule is CCCC(=O)OCN(C(=O)[C@@H](NC(=O)[C@H]1CCCCN1C)C(C)CC)[C@H](C[C@H](OC(C)=O)c1nc(C(=O)N[C@@H](Cc2ccc(O)cc2)C[C@H](C)C(N)=O)cs1)C(C)C. The molecule has 322 valence electrons. The van der Waals surface area contributed by atoms with Crippen LogP contribution in [0.5, 0.6) is 5.75 Å². The van der Waals surface area contributed by atoms with Crippen molar-refractivity contribution in [1.82, 2.24) is 25.4 Å². The van der Waals surface area contributed by atoms with E-state index in [1.807, 2.05) is 46.6 Å². The number of nitrogens with two attached hydrogens (primary N) is 1. The molecule has 15 nitrogen and oxygen atoms in total. The number of benzene rings is 1. The molecule has 4 amide bonds. The number of aromatic hydroxyl groups is 1. The molecule has 1 aromatic carbocycles. The topological polar surface area (TPSA) is 211 Å². The molecule has 1 fully saturated rings. The molecule has 58 heavy (non-hydrogen) atoms. The summed E-state index contributed by atoms with van der Waals surface area (Å²) in [6.07, 6.45) is 3.55. The number of ether oxygens (including phenoxy) is 2. The lowest BCUT2D eigenvalue weighted by atomic mass is 9.92. The highest BCUT2D eigenvalue weighted by atomic mass is 32.1. The van der Waals surface area contributed by atoms with Crippen LogP contribution in [0.1, 0.15) is 127 Å². The van der Waals surface area contributed by atoms with Gasteiger partial charge in [0.2, 0.25) is 17.7 Å². The van der Waals surface area contributed by atoms with Gasteiger partial charge in [-0.15, -0.1) is 11.3 Å². The zero-order valence-corrected chi connectivity index (χ0v) is 36.1. The van der Waals surface area contributed by atoms with Crippen LogP contribution in [0.25, 0.3) is 0 Å². The molecular weight excluding hydrogens is 765 g/mol. The highest BCUT2D eigenvalue weighted by Gasteiger charge is 2.39. The number of nitrogens with zero attached hydrogens (tertiary/aromatic N) is 3. The van der Waals surface area contributed by atoms with Gasteiger partial charge in [0, 0.05) is 43.1 Å². The summed E-state index contributed by atoms with van der Waals surface area (Å²) >= 11 is 1.12. The number of hydrogen-bond donors (Lipinski definition) is 4. The first-order valence-electron chi connectivity index (χ1n) is 20.4. The van der Waals surface area contributed by atoms with E-state index in [2.05, 4.69) is 15.6 Å². The Morgan fingerprint density at radius 3 is 2.31 bits per heavy atom. The highest BCUT2D eigenvalue weighted by molar-refractivity contribution is 7.09.